The molecule has 0 aliphatic heterocycles. The van der Waals surface area contributed by atoms with Crippen LogP contribution in [0.25, 0.3) is 0 Å². The molecule has 4 nitrogen and oxygen atoms in total. The summed E-state index contributed by atoms with van der Waals surface area (Å²) in [5, 5.41) is 16.9. The van der Waals surface area contributed by atoms with Crippen LogP contribution >= 0.6 is 9.24 Å². The van der Waals surface area contributed by atoms with Crippen LogP contribution in [0.2, 0.25) is 0 Å². The molecule has 5 heteroatoms. The van der Waals surface area contributed by atoms with Crippen LogP contribution in [0.1, 0.15) is 0 Å². The predicted octanol–water partition coefficient (Wildman–Crippen LogP) is -1.24. The van der Waals surface area contributed by atoms with Gasteiger partial charge in [-0.25, -0.2) is 0 Å². The standard InChI is InChI=1S/C5H11O4P/c6-1-4(2-7)9-5(8)3-10/h4,6-7H,1-3,10H2. The van der Waals surface area contributed by atoms with Crippen LogP contribution in [0.3, 0.4) is 0 Å². The van der Waals surface area contributed by atoms with Crippen molar-refractivity contribution in [1.29, 1.82) is 0 Å². The SMILES string of the molecule is O=C(CP)OC(CO)CO. The molecule has 0 bridgehead atoms. The van der Waals surface area contributed by atoms with Gasteiger partial charge in [0, 0.05) is 0 Å². The molecule has 0 aliphatic carbocycles. The van der Waals surface area contributed by atoms with Crippen LogP contribution in [0.5, 0.6) is 0 Å². The fourth-order valence-corrected chi connectivity index (χ4v) is 0.463. The fourth-order valence-electron chi connectivity index (χ4n) is 0.366. The average Bonchev–Trinajstić information content (AvgIpc) is 1.99. The number of hydrogen-bond acceptors (Lipinski definition) is 4. The number of esters is 1. The second kappa shape index (κ2) is 5.59. The molecule has 0 spiro atoms. The van der Waals surface area contributed by atoms with E-state index in [9.17, 15) is 4.79 Å². The second-order valence-electron chi connectivity index (χ2n) is 1.68. The Morgan fingerprint density at radius 3 is 2.30 bits per heavy atom. The Morgan fingerprint density at radius 2 is 2.00 bits per heavy atom. The Kier molecular flexibility index (Phi) is 5.49. The zero-order valence-corrected chi connectivity index (χ0v) is 6.64. The number of hydrogen-bond donors (Lipinski definition) is 2. The summed E-state index contributed by atoms with van der Waals surface area (Å²) in [6.45, 7) is -0.681. The molecule has 0 amide bonds. The summed E-state index contributed by atoms with van der Waals surface area (Å²) in [6, 6.07) is 0. The average molecular weight is 166 g/mol. The Balaban J connectivity index is 3.52. The lowest BCUT2D eigenvalue weighted by Gasteiger charge is -2.10. The van der Waals surface area contributed by atoms with Gasteiger partial charge in [0.05, 0.1) is 19.4 Å². The molecule has 10 heavy (non-hydrogen) atoms. The fraction of sp³-hybridized carbons (Fsp3) is 0.800. The lowest BCUT2D eigenvalue weighted by atomic mass is 10.4. The van der Waals surface area contributed by atoms with Crippen molar-refractivity contribution in [2.45, 2.75) is 6.10 Å². The zero-order valence-electron chi connectivity index (χ0n) is 5.49. The molecule has 0 heterocycles. The normalized spacial score (nSPS) is 10.0. The van der Waals surface area contributed by atoms with Gasteiger partial charge in [0.25, 0.3) is 0 Å². The van der Waals surface area contributed by atoms with E-state index >= 15 is 0 Å². The lowest BCUT2D eigenvalue weighted by molar-refractivity contribution is -0.150. The van der Waals surface area contributed by atoms with Gasteiger partial charge in [-0.1, -0.05) is 0 Å². The van der Waals surface area contributed by atoms with Crippen molar-refractivity contribution in [3.05, 3.63) is 0 Å². The van der Waals surface area contributed by atoms with E-state index in [1.165, 1.54) is 0 Å². The van der Waals surface area contributed by atoms with E-state index in [1.807, 2.05) is 0 Å². The Morgan fingerprint density at radius 1 is 1.50 bits per heavy atom. The third-order valence-corrected chi connectivity index (χ3v) is 1.21. The van der Waals surface area contributed by atoms with Gasteiger partial charge in [0.1, 0.15) is 6.10 Å². The summed E-state index contributed by atoms with van der Waals surface area (Å²) in [5.74, 6) is -0.446. The van der Waals surface area contributed by atoms with Crippen molar-refractivity contribution in [2.24, 2.45) is 0 Å². The number of carbonyl (C=O) groups excluding carboxylic acids is 1. The van der Waals surface area contributed by atoms with Crippen molar-refractivity contribution < 1.29 is 19.7 Å². The summed E-state index contributed by atoms with van der Waals surface area (Å²) in [5.41, 5.74) is 0. The maximum Gasteiger partial charge on any atom is 0.310 e. The van der Waals surface area contributed by atoms with E-state index in [0.717, 1.165) is 0 Å². The smallest absolute Gasteiger partial charge is 0.310 e. The van der Waals surface area contributed by atoms with Gasteiger partial charge in [-0.2, -0.15) is 0 Å². The molecule has 0 saturated carbocycles. The van der Waals surface area contributed by atoms with Gasteiger partial charge in [0.15, 0.2) is 0 Å². The van der Waals surface area contributed by atoms with Gasteiger partial charge < -0.3 is 14.9 Å². The highest BCUT2D eigenvalue weighted by Gasteiger charge is 2.09. The first kappa shape index (κ1) is 9.82. The minimum absolute atomic E-state index is 0.177. The largest absolute Gasteiger partial charge is 0.457 e. The number of aliphatic hydroxyl groups excluding tert-OH is 2. The molecular weight excluding hydrogens is 155 g/mol. The highest BCUT2D eigenvalue weighted by Crippen LogP contribution is 1.92. The first-order valence-corrected chi connectivity index (χ1v) is 3.67. The van der Waals surface area contributed by atoms with Crippen LogP contribution in [-0.4, -0.2) is 41.7 Å². The molecule has 60 valence electrons. The van der Waals surface area contributed by atoms with Crippen molar-refractivity contribution in [3.8, 4) is 0 Å². The van der Waals surface area contributed by atoms with Crippen molar-refractivity contribution >= 4 is 15.2 Å². The quantitative estimate of drug-likeness (QED) is 0.405. The van der Waals surface area contributed by atoms with Crippen LogP contribution in [-0.2, 0) is 9.53 Å². The molecule has 0 fully saturated rings. The predicted molar refractivity (Wildman–Crippen MR) is 38.6 cm³/mol. The first-order chi connectivity index (χ1) is 4.74. The third kappa shape index (κ3) is 3.77. The molecule has 0 saturated heterocycles. The summed E-state index contributed by atoms with van der Waals surface area (Å²) < 4.78 is 4.54. The van der Waals surface area contributed by atoms with Crippen molar-refractivity contribution in [1.82, 2.24) is 0 Å². The Bertz CT molecular complexity index is 102. The van der Waals surface area contributed by atoms with E-state index in [4.69, 9.17) is 10.2 Å². The number of carbonyl (C=O) groups is 1. The van der Waals surface area contributed by atoms with Gasteiger partial charge in [-0.05, 0) is 0 Å². The number of aliphatic hydroxyl groups is 2. The molecule has 2 N–H and O–H groups in total. The van der Waals surface area contributed by atoms with Crippen LogP contribution < -0.4 is 0 Å². The van der Waals surface area contributed by atoms with Crippen LogP contribution in [0.15, 0.2) is 0 Å². The minimum Gasteiger partial charge on any atom is -0.457 e. The maximum absolute atomic E-state index is 10.5. The minimum atomic E-state index is -0.770. The van der Waals surface area contributed by atoms with E-state index in [-0.39, 0.29) is 19.4 Å². The van der Waals surface area contributed by atoms with E-state index in [1.54, 1.807) is 0 Å². The van der Waals surface area contributed by atoms with Crippen LogP contribution in [0, 0.1) is 0 Å². The monoisotopic (exact) mass is 166 g/mol. The summed E-state index contributed by atoms with van der Waals surface area (Å²) >= 11 is 0. The maximum atomic E-state index is 10.5. The Labute approximate surface area is 61.4 Å². The van der Waals surface area contributed by atoms with Gasteiger partial charge in [-0.15, -0.1) is 9.24 Å². The molecule has 0 aromatic rings. The van der Waals surface area contributed by atoms with E-state index < -0.39 is 12.1 Å². The molecule has 1 atom stereocenters. The van der Waals surface area contributed by atoms with E-state index in [2.05, 4.69) is 14.0 Å². The Hall–Kier alpha value is -0.180. The summed E-state index contributed by atoms with van der Waals surface area (Å²) in [6.07, 6.45) is -0.593. The molecule has 0 aromatic carbocycles. The lowest BCUT2D eigenvalue weighted by Crippen LogP contribution is -2.25. The van der Waals surface area contributed by atoms with Gasteiger partial charge in [-0.3, -0.25) is 4.79 Å². The van der Waals surface area contributed by atoms with E-state index in [0.29, 0.717) is 0 Å². The molecule has 0 aromatic heterocycles. The zero-order chi connectivity index (χ0) is 7.98. The molecule has 0 rings (SSSR count). The second-order valence-corrected chi connectivity index (χ2v) is 2.09. The van der Waals surface area contributed by atoms with Crippen LogP contribution in [0.4, 0.5) is 0 Å². The highest BCUT2D eigenvalue weighted by atomic mass is 31.0. The number of ether oxygens (including phenoxy) is 1. The van der Waals surface area contributed by atoms with Gasteiger partial charge >= 0.3 is 5.97 Å². The molecular formula is C5H11O4P. The third-order valence-electron chi connectivity index (χ3n) is 0.872. The molecule has 0 radical (unpaired) electrons. The topological polar surface area (TPSA) is 66.8 Å². The van der Waals surface area contributed by atoms with Crippen molar-refractivity contribution in [3.63, 3.8) is 0 Å². The summed E-state index contributed by atoms with van der Waals surface area (Å²) in [7, 11) is 2.19. The summed E-state index contributed by atoms with van der Waals surface area (Å²) in [4.78, 5) is 10.5. The first-order valence-electron chi connectivity index (χ1n) is 2.85. The van der Waals surface area contributed by atoms with Gasteiger partial charge in [0.2, 0.25) is 0 Å². The molecule has 0 aliphatic rings. The molecule has 1 unspecified atom stereocenters. The number of rotatable bonds is 4. The van der Waals surface area contributed by atoms with Crippen molar-refractivity contribution in [2.75, 3.05) is 19.4 Å². The highest BCUT2D eigenvalue weighted by molar-refractivity contribution is 7.18.